The van der Waals surface area contributed by atoms with Gasteiger partial charge in [-0.05, 0) is 40.5 Å². The van der Waals surface area contributed by atoms with Crippen molar-refractivity contribution in [2.45, 2.75) is 25.8 Å². The van der Waals surface area contributed by atoms with Crippen LogP contribution in [0.5, 0.6) is 0 Å². The molecule has 0 fully saturated rings. The van der Waals surface area contributed by atoms with Crippen molar-refractivity contribution in [2.24, 2.45) is 0 Å². The lowest BCUT2D eigenvalue weighted by Crippen LogP contribution is -2.15. The van der Waals surface area contributed by atoms with E-state index < -0.39 is 11.9 Å². The first-order valence-corrected chi connectivity index (χ1v) is 11.5. The Hall–Kier alpha value is -4.18. The summed E-state index contributed by atoms with van der Waals surface area (Å²) < 4.78 is 1.98. The second-order valence-corrected chi connectivity index (χ2v) is 8.73. The monoisotopic (exact) mass is 446 g/mol. The molecule has 0 aliphatic rings. The normalized spacial score (nSPS) is 12.0. The van der Waals surface area contributed by atoms with E-state index >= 15 is 0 Å². The zero-order valence-corrected chi connectivity index (χ0v) is 19.1. The van der Waals surface area contributed by atoms with Crippen LogP contribution in [0.3, 0.4) is 0 Å². The average molecular weight is 447 g/mol. The Morgan fingerprint density at radius 2 is 1.56 bits per heavy atom. The molecule has 5 rings (SSSR count). The van der Waals surface area contributed by atoms with E-state index in [1.54, 1.807) is 0 Å². The molecule has 168 valence electrons. The Morgan fingerprint density at radius 1 is 0.853 bits per heavy atom. The number of carbonyl (C=O) groups is 1. The van der Waals surface area contributed by atoms with Gasteiger partial charge < -0.3 is 5.11 Å². The van der Waals surface area contributed by atoms with Gasteiger partial charge >= 0.3 is 5.97 Å². The number of hydrogen-bond donors (Lipinski definition) is 1. The number of aromatic nitrogens is 2. The zero-order valence-electron chi connectivity index (χ0n) is 19.1. The minimum absolute atomic E-state index is 0.328. The molecule has 4 nitrogen and oxygen atoms in total. The molecule has 5 aromatic rings. The molecule has 4 heteroatoms. The summed E-state index contributed by atoms with van der Waals surface area (Å²) >= 11 is 0. The summed E-state index contributed by atoms with van der Waals surface area (Å²) in [6.07, 6.45) is 0.328. The average Bonchev–Trinajstić information content (AvgIpc) is 3.25. The van der Waals surface area contributed by atoms with E-state index in [1.165, 1.54) is 5.56 Å². The molecule has 4 aromatic carbocycles. The van der Waals surface area contributed by atoms with Crippen LogP contribution in [0.2, 0.25) is 0 Å². The van der Waals surface area contributed by atoms with Crippen molar-refractivity contribution in [3.63, 3.8) is 0 Å². The van der Waals surface area contributed by atoms with Gasteiger partial charge in [-0.1, -0.05) is 103 Å². The molecule has 0 amide bonds. The van der Waals surface area contributed by atoms with E-state index in [0.29, 0.717) is 13.0 Å². The molecule has 0 saturated heterocycles. The number of fused-ring (bicyclic) bond motifs is 1. The third-order valence-corrected chi connectivity index (χ3v) is 6.24. The van der Waals surface area contributed by atoms with E-state index in [-0.39, 0.29) is 0 Å². The van der Waals surface area contributed by atoms with Crippen LogP contribution in [0.15, 0.2) is 103 Å². The van der Waals surface area contributed by atoms with E-state index in [9.17, 15) is 9.90 Å². The van der Waals surface area contributed by atoms with Gasteiger partial charge in [0.15, 0.2) is 0 Å². The highest BCUT2D eigenvalue weighted by Crippen LogP contribution is 2.28. The van der Waals surface area contributed by atoms with E-state index in [4.69, 9.17) is 5.10 Å². The van der Waals surface area contributed by atoms with Crippen LogP contribution in [0.4, 0.5) is 0 Å². The molecule has 1 heterocycles. The Bertz CT molecular complexity index is 1440. The number of hydrogen-bond acceptors (Lipinski definition) is 2. The number of carboxylic acid groups (broad SMARTS) is 1. The molecule has 1 unspecified atom stereocenters. The Kier molecular flexibility index (Phi) is 5.96. The van der Waals surface area contributed by atoms with Crippen molar-refractivity contribution in [3.05, 3.63) is 126 Å². The molecular weight excluding hydrogens is 420 g/mol. The zero-order chi connectivity index (χ0) is 23.5. The second-order valence-electron chi connectivity index (χ2n) is 8.73. The number of benzene rings is 4. The number of aryl methyl sites for hydroxylation is 1. The van der Waals surface area contributed by atoms with Crippen molar-refractivity contribution < 1.29 is 9.90 Å². The highest BCUT2D eigenvalue weighted by Gasteiger charge is 2.23. The molecule has 0 radical (unpaired) electrons. The summed E-state index contributed by atoms with van der Waals surface area (Å²) in [6.45, 7) is 2.69. The first-order chi connectivity index (χ1) is 16.6. The lowest BCUT2D eigenvalue weighted by molar-refractivity contribution is -0.138. The second kappa shape index (κ2) is 9.36. The van der Waals surface area contributed by atoms with Crippen LogP contribution in [0.25, 0.3) is 22.0 Å². The minimum Gasteiger partial charge on any atom is -0.481 e. The number of nitrogens with zero attached hydrogens (tertiary/aromatic N) is 2. The molecule has 0 spiro atoms. The van der Waals surface area contributed by atoms with Crippen LogP contribution in [-0.2, 0) is 17.8 Å². The summed E-state index contributed by atoms with van der Waals surface area (Å²) in [5, 5.41) is 17.1. The van der Waals surface area contributed by atoms with Crippen molar-refractivity contribution in [3.8, 4) is 11.3 Å². The molecular formula is C30H26N2O2. The summed E-state index contributed by atoms with van der Waals surface area (Å²) in [4.78, 5) is 12.3. The molecule has 0 saturated carbocycles. The fourth-order valence-corrected chi connectivity index (χ4v) is 4.38. The van der Waals surface area contributed by atoms with E-state index in [0.717, 1.165) is 38.9 Å². The van der Waals surface area contributed by atoms with E-state index in [2.05, 4.69) is 43.3 Å². The third-order valence-electron chi connectivity index (χ3n) is 6.24. The lowest BCUT2D eigenvalue weighted by atomic mass is 9.92. The van der Waals surface area contributed by atoms with Gasteiger partial charge in [0.1, 0.15) is 0 Å². The minimum atomic E-state index is -0.843. The first-order valence-electron chi connectivity index (χ1n) is 11.5. The fourth-order valence-electron chi connectivity index (χ4n) is 4.38. The quantitative estimate of drug-likeness (QED) is 0.312. The number of aliphatic carboxylic acids is 1. The molecule has 1 aromatic heterocycles. The summed E-state index contributed by atoms with van der Waals surface area (Å²) in [6, 6.07) is 34.5. The van der Waals surface area contributed by atoms with Crippen LogP contribution >= 0.6 is 0 Å². The van der Waals surface area contributed by atoms with Crippen LogP contribution in [-0.4, -0.2) is 20.9 Å². The highest BCUT2D eigenvalue weighted by atomic mass is 16.4. The summed E-state index contributed by atoms with van der Waals surface area (Å²) in [7, 11) is 0. The fraction of sp³-hybridized carbons (Fsp3) is 0.133. The van der Waals surface area contributed by atoms with Gasteiger partial charge in [0.05, 0.1) is 23.9 Å². The predicted molar refractivity (Wildman–Crippen MR) is 136 cm³/mol. The molecule has 0 bridgehead atoms. The highest BCUT2D eigenvalue weighted by molar-refractivity contribution is 5.85. The van der Waals surface area contributed by atoms with Gasteiger partial charge in [0, 0.05) is 6.42 Å². The first kappa shape index (κ1) is 21.7. The van der Waals surface area contributed by atoms with Gasteiger partial charge in [0.25, 0.3) is 0 Å². The van der Waals surface area contributed by atoms with Gasteiger partial charge in [-0.15, -0.1) is 0 Å². The summed E-state index contributed by atoms with van der Waals surface area (Å²) in [5.41, 5.74) is 5.96. The molecule has 0 aliphatic carbocycles. The van der Waals surface area contributed by atoms with Gasteiger partial charge in [-0.25, -0.2) is 0 Å². The maximum absolute atomic E-state index is 12.3. The number of carboxylic acids is 1. The van der Waals surface area contributed by atoms with Gasteiger partial charge in [-0.2, -0.15) is 5.10 Å². The molecule has 34 heavy (non-hydrogen) atoms. The standard InChI is InChI=1S/C30H26N2O2/c1-21-11-13-24(14-12-21)29-19-27(31-32(29)20-22-7-3-2-4-8-22)18-28(30(33)34)26-16-15-23-9-5-6-10-25(23)17-26/h2-17,19,28H,18,20H2,1H3,(H,33,34). The van der Waals surface area contributed by atoms with Gasteiger partial charge in [0.2, 0.25) is 0 Å². The molecule has 0 aliphatic heterocycles. The SMILES string of the molecule is Cc1ccc(-c2cc(CC(C(=O)O)c3ccc4ccccc4c3)nn2Cc2ccccc2)cc1. The Balaban J connectivity index is 1.51. The Morgan fingerprint density at radius 3 is 2.29 bits per heavy atom. The molecule has 1 N–H and O–H groups in total. The Labute approximate surface area is 199 Å². The third kappa shape index (κ3) is 4.62. The van der Waals surface area contributed by atoms with Gasteiger partial charge in [-0.3, -0.25) is 9.48 Å². The van der Waals surface area contributed by atoms with Crippen molar-refractivity contribution in [2.75, 3.05) is 0 Å². The maximum atomic E-state index is 12.3. The predicted octanol–water partition coefficient (Wildman–Crippen LogP) is 6.47. The van der Waals surface area contributed by atoms with Crippen molar-refractivity contribution in [1.82, 2.24) is 9.78 Å². The van der Waals surface area contributed by atoms with Crippen molar-refractivity contribution in [1.29, 1.82) is 0 Å². The van der Waals surface area contributed by atoms with Crippen LogP contribution in [0.1, 0.15) is 28.3 Å². The largest absolute Gasteiger partial charge is 0.481 e. The smallest absolute Gasteiger partial charge is 0.311 e. The molecule has 1 atom stereocenters. The van der Waals surface area contributed by atoms with E-state index in [1.807, 2.05) is 71.4 Å². The summed E-state index contributed by atoms with van der Waals surface area (Å²) in [5.74, 6) is -1.51. The van der Waals surface area contributed by atoms with Crippen LogP contribution < -0.4 is 0 Å². The van der Waals surface area contributed by atoms with Crippen LogP contribution in [0, 0.1) is 6.92 Å². The van der Waals surface area contributed by atoms with Crippen molar-refractivity contribution >= 4 is 16.7 Å². The number of rotatable bonds is 7. The maximum Gasteiger partial charge on any atom is 0.311 e. The lowest BCUT2D eigenvalue weighted by Gasteiger charge is -2.12. The topological polar surface area (TPSA) is 55.1 Å².